The Bertz CT molecular complexity index is 1120. The Morgan fingerprint density at radius 2 is 2.03 bits per heavy atom. The predicted octanol–water partition coefficient (Wildman–Crippen LogP) is 5.09. The first-order valence-corrected chi connectivity index (χ1v) is 12.5. The number of rotatable bonds is 3. The lowest BCUT2D eigenvalue weighted by molar-refractivity contribution is 0.0544. The number of hydrogen-bond donors (Lipinski definition) is 2. The average Bonchev–Trinajstić information content (AvgIpc) is 3.11. The van der Waals surface area contributed by atoms with E-state index >= 15 is 0 Å². The molecular weight excluding hydrogens is 502 g/mol. The molecule has 6 nitrogen and oxygen atoms in total. The second-order valence-corrected chi connectivity index (χ2v) is 10.8. The summed E-state index contributed by atoms with van der Waals surface area (Å²) in [7, 11) is 3.53. The van der Waals surface area contributed by atoms with Crippen LogP contribution in [0.4, 0.5) is 0 Å². The summed E-state index contributed by atoms with van der Waals surface area (Å²) < 4.78 is 14.7. The van der Waals surface area contributed by atoms with Crippen LogP contribution in [0.1, 0.15) is 54.4 Å². The molecule has 1 aromatic heterocycles. The number of amides is 1. The van der Waals surface area contributed by atoms with Gasteiger partial charge in [0.25, 0.3) is 5.91 Å². The number of methoxy groups -OCH3 is 1. The van der Waals surface area contributed by atoms with E-state index < -0.39 is 0 Å². The smallest absolute Gasteiger partial charge is 0.271 e. The molecule has 1 amide bonds. The Kier molecular flexibility index (Phi) is 6.90. The fourth-order valence-corrected chi connectivity index (χ4v) is 5.70. The van der Waals surface area contributed by atoms with Gasteiger partial charge in [-0.3, -0.25) is 4.79 Å². The number of aromatic nitrogens is 1. The second kappa shape index (κ2) is 9.39. The molecule has 0 aliphatic carbocycles. The molecule has 4 rings (SSSR count). The molecule has 2 aliphatic heterocycles. The lowest BCUT2D eigenvalue weighted by Gasteiger charge is -2.36. The quantitative estimate of drug-likeness (QED) is 0.539. The van der Waals surface area contributed by atoms with Gasteiger partial charge < -0.3 is 24.3 Å². The fourth-order valence-electron chi connectivity index (χ4n) is 4.82. The van der Waals surface area contributed by atoms with Crippen molar-refractivity contribution >= 4 is 39.4 Å². The van der Waals surface area contributed by atoms with Gasteiger partial charge in [-0.25, -0.2) is 0 Å². The van der Waals surface area contributed by atoms with Crippen LogP contribution in [0.5, 0.6) is 5.75 Å². The van der Waals surface area contributed by atoms with Crippen molar-refractivity contribution in [3.8, 4) is 17.0 Å². The van der Waals surface area contributed by atoms with Crippen LogP contribution < -0.4 is 10.1 Å². The standard InChI is InChI=1S/C25H32BrN3O3S/c1-25(2,3)29-8-6-10-32-14-17-21(20(33)13-27-4)22-16-12-18(26)19(31-5)11-15(16)7-9-28(22)23(17)24(29)30/h11-13,27,33H,6-10,14H2,1-5H3/b20-13-. The van der Waals surface area contributed by atoms with Crippen LogP contribution in [-0.4, -0.2) is 48.2 Å². The lowest BCUT2D eigenvalue weighted by atomic mass is 9.95. The van der Waals surface area contributed by atoms with Crippen molar-refractivity contribution in [2.45, 2.75) is 52.3 Å². The van der Waals surface area contributed by atoms with E-state index in [-0.39, 0.29) is 11.4 Å². The number of benzene rings is 1. The largest absolute Gasteiger partial charge is 0.496 e. The minimum Gasteiger partial charge on any atom is -0.496 e. The summed E-state index contributed by atoms with van der Waals surface area (Å²) in [6.07, 6.45) is 3.49. The van der Waals surface area contributed by atoms with E-state index in [2.05, 4.69) is 58.7 Å². The number of carbonyl (C=O) groups is 1. The van der Waals surface area contributed by atoms with Crippen LogP contribution >= 0.6 is 28.6 Å². The number of fused-ring (bicyclic) bond motifs is 5. The third-order valence-corrected chi connectivity index (χ3v) is 7.29. The van der Waals surface area contributed by atoms with Crippen LogP contribution in [0.15, 0.2) is 22.8 Å². The maximum Gasteiger partial charge on any atom is 0.271 e. The van der Waals surface area contributed by atoms with Crippen molar-refractivity contribution in [2.24, 2.45) is 0 Å². The summed E-state index contributed by atoms with van der Waals surface area (Å²) >= 11 is 8.51. The van der Waals surface area contributed by atoms with E-state index in [4.69, 9.17) is 22.1 Å². The molecule has 1 N–H and O–H groups in total. The van der Waals surface area contributed by atoms with Crippen molar-refractivity contribution in [1.82, 2.24) is 14.8 Å². The molecule has 178 valence electrons. The van der Waals surface area contributed by atoms with Gasteiger partial charge in [0.15, 0.2) is 0 Å². The molecule has 0 unspecified atom stereocenters. The molecule has 2 aromatic rings. The molecule has 0 saturated carbocycles. The molecule has 0 spiro atoms. The Balaban J connectivity index is 2.04. The summed E-state index contributed by atoms with van der Waals surface area (Å²) in [6.45, 7) is 8.63. The van der Waals surface area contributed by atoms with Crippen molar-refractivity contribution in [3.05, 3.63) is 45.2 Å². The zero-order chi connectivity index (χ0) is 23.9. The molecule has 8 heteroatoms. The number of nitrogens with one attached hydrogen (secondary N) is 1. The van der Waals surface area contributed by atoms with Gasteiger partial charge in [0.05, 0.1) is 23.9 Å². The summed E-state index contributed by atoms with van der Waals surface area (Å²) in [5.74, 6) is 0.859. The minimum absolute atomic E-state index is 0.0529. The number of carbonyl (C=O) groups excluding carboxylic acids is 1. The SMILES string of the molecule is CN/C=C(\S)c1c2c(n3c1-c1cc(Br)c(OC)cc1CC3)C(=O)N(C(C)(C)C)CCCOC2. The van der Waals surface area contributed by atoms with Crippen molar-refractivity contribution in [2.75, 3.05) is 27.3 Å². The average molecular weight is 535 g/mol. The molecule has 0 saturated heterocycles. The highest BCUT2D eigenvalue weighted by atomic mass is 79.9. The van der Waals surface area contributed by atoms with Gasteiger partial charge in [0, 0.05) is 60.1 Å². The van der Waals surface area contributed by atoms with E-state index in [9.17, 15) is 4.79 Å². The maximum absolute atomic E-state index is 14.1. The van der Waals surface area contributed by atoms with Gasteiger partial charge in [0.2, 0.25) is 0 Å². The van der Waals surface area contributed by atoms with E-state index in [0.29, 0.717) is 32.0 Å². The molecule has 2 aliphatic rings. The minimum atomic E-state index is -0.294. The number of ether oxygens (including phenoxy) is 2. The Morgan fingerprint density at radius 3 is 2.70 bits per heavy atom. The summed E-state index contributed by atoms with van der Waals surface area (Å²) in [4.78, 5) is 16.9. The zero-order valence-corrected chi connectivity index (χ0v) is 22.4. The summed E-state index contributed by atoms with van der Waals surface area (Å²) in [5.41, 5.74) is 5.56. The first-order chi connectivity index (χ1) is 15.7. The van der Waals surface area contributed by atoms with Gasteiger partial charge in [-0.05, 0) is 67.2 Å². The highest BCUT2D eigenvalue weighted by Gasteiger charge is 2.37. The van der Waals surface area contributed by atoms with Gasteiger partial charge in [0.1, 0.15) is 11.4 Å². The Labute approximate surface area is 209 Å². The van der Waals surface area contributed by atoms with Gasteiger partial charge in [-0.15, -0.1) is 12.6 Å². The van der Waals surface area contributed by atoms with Crippen LogP contribution in [0.25, 0.3) is 16.2 Å². The molecule has 0 atom stereocenters. The van der Waals surface area contributed by atoms with Crippen LogP contribution in [0, 0.1) is 0 Å². The normalized spacial score (nSPS) is 16.9. The van der Waals surface area contributed by atoms with Gasteiger partial charge in [-0.1, -0.05) is 0 Å². The number of halogens is 1. The van der Waals surface area contributed by atoms with Crippen LogP contribution in [-0.2, 0) is 24.3 Å². The third-order valence-electron chi connectivity index (χ3n) is 6.31. The lowest BCUT2D eigenvalue weighted by Crippen LogP contribution is -2.47. The fraction of sp³-hybridized carbons (Fsp3) is 0.480. The van der Waals surface area contributed by atoms with E-state index in [1.807, 2.05) is 18.1 Å². The number of nitrogens with zero attached hydrogens (tertiary/aromatic N) is 2. The molecule has 0 radical (unpaired) electrons. The van der Waals surface area contributed by atoms with Crippen LogP contribution in [0.2, 0.25) is 0 Å². The molecule has 33 heavy (non-hydrogen) atoms. The van der Waals surface area contributed by atoms with Gasteiger partial charge >= 0.3 is 0 Å². The predicted molar refractivity (Wildman–Crippen MR) is 139 cm³/mol. The topological polar surface area (TPSA) is 55.7 Å². The summed E-state index contributed by atoms with van der Waals surface area (Å²) in [5, 5.41) is 3.09. The second-order valence-electron chi connectivity index (χ2n) is 9.45. The van der Waals surface area contributed by atoms with E-state index in [1.54, 1.807) is 7.11 Å². The first-order valence-electron chi connectivity index (χ1n) is 11.3. The first kappa shape index (κ1) is 24.2. The van der Waals surface area contributed by atoms with Crippen molar-refractivity contribution in [1.29, 1.82) is 0 Å². The summed E-state index contributed by atoms with van der Waals surface area (Å²) in [6, 6.07) is 4.18. The van der Waals surface area contributed by atoms with Crippen molar-refractivity contribution < 1.29 is 14.3 Å². The van der Waals surface area contributed by atoms with Crippen LogP contribution in [0.3, 0.4) is 0 Å². The number of thiol groups is 1. The highest BCUT2D eigenvalue weighted by molar-refractivity contribution is 9.10. The van der Waals surface area contributed by atoms with E-state index in [1.165, 1.54) is 5.56 Å². The number of hydrogen-bond acceptors (Lipinski definition) is 5. The van der Waals surface area contributed by atoms with Crippen molar-refractivity contribution in [3.63, 3.8) is 0 Å². The Hall–Kier alpha value is -1.90. The Morgan fingerprint density at radius 1 is 1.27 bits per heavy atom. The third kappa shape index (κ3) is 4.33. The zero-order valence-electron chi connectivity index (χ0n) is 19.9. The monoisotopic (exact) mass is 533 g/mol. The van der Waals surface area contributed by atoms with E-state index in [0.717, 1.165) is 50.4 Å². The molecular formula is C25H32BrN3O3S. The molecule has 0 bridgehead atoms. The molecule has 0 fully saturated rings. The van der Waals surface area contributed by atoms with Gasteiger partial charge in [-0.2, -0.15) is 0 Å². The molecule has 3 heterocycles. The maximum atomic E-state index is 14.1. The number of aryl methyl sites for hydroxylation is 1. The molecule has 1 aromatic carbocycles. The highest BCUT2D eigenvalue weighted by Crippen LogP contribution is 2.45.